The Kier molecular flexibility index (Phi) is 6.61. The molecule has 0 spiro atoms. The summed E-state index contributed by atoms with van der Waals surface area (Å²) in [5.74, 6) is 0.885. The summed E-state index contributed by atoms with van der Waals surface area (Å²) >= 11 is 5.42. The molecule has 0 bridgehead atoms. The molecular weight excluding hydrogens is 346 g/mol. The van der Waals surface area contributed by atoms with Crippen molar-refractivity contribution < 1.29 is 4.74 Å². The van der Waals surface area contributed by atoms with Crippen molar-refractivity contribution in [3.8, 4) is 5.75 Å². The third kappa shape index (κ3) is 5.06. The van der Waals surface area contributed by atoms with Gasteiger partial charge in [-0.05, 0) is 70.9 Å². The van der Waals surface area contributed by atoms with Crippen LogP contribution in [0, 0.1) is 0 Å². The van der Waals surface area contributed by atoms with Gasteiger partial charge >= 0.3 is 0 Å². The molecule has 0 heterocycles. The average molecular weight is 366 g/mol. The fraction of sp³-hybridized carbons (Fsp3) is 0.294. The molecule has 0 saturated carbocycles. The Labute approximate surface area is 139 Å². The van der Waals surface area contributed by atoms with Crippen molar-refractivity contribution in [3.63, 3.8) is 0 Å². The highest BCUT2D eigenvalue weighted by molar-refractivity contribution is 9.10. The summed E-state index contributed by atoms with van der Waals surface area (Å²) in [5.41, 5.74) is 1.30. The van der Waals surface area contributed by atoms with Gasteiger partial charge in [0.25, 0.3) is 0 Å². The second-order valence-corrected chi connectivity index (χ2v) is 6.69. The second-order valence-electron chi connectivity index (χ2n) is 4.72. The Hall–Kier alpha value is -0.970. The molecule has 112 valence electrons. The fourth-order valence-electron chi connectivity index (χ4n) is 1.92. The van der Waals surface area contributed by atoms with E-state index in [1.165, 1.54) is 15.4 Å². The zero-order valence-corrected chi connectivity index (χ0v) is 14.8. The Morgan fingerprint density at radius 2 is 1.90 bits per heavy atom. The first kappa shape index (κ1) is 16.4. The second kappa shape index (κ2) is 8.47. The normalized spacial score (nSPS) is 10.6. The minimum atomic E-state index is 0.885. The smallest absolute Gasteiger partial charge is 0.118 e. The Balaban J connectivity index is 2.02. The maximum atomic E-state index is 5.18. The lowest BCUT2D eigenvalue weighted by Crippen LogP contribution is -2.13. The van der Waals surface area contributed by atoms with E-state index >= 15 is 0 Å². The first-order valence-electron chi connectivity index (χ1n) is 7.04. The number of halogens is 1. The predicted molar refractivity (Wildman–Crippen MR) is 93.3 cm³/mol. The van der Waals surface area contributed by atoms with Crippen LogP contribution in [0.15, 0.2) is 56.7 Å². The molecule has 0 amide bonds. The quantitative estimate of drug-likeness (QED) is 0.688. The number of benzene rings is 2. The van der Waals surface area contributed by atoms with Crippen molar-refractivity contribution in [2.24, 2.45) is 0 Å². The van der Waals surface area contributed by atoms with E-state index in [-0.39, 0.29) is 0 Å². The number of hydrogen-bond acceptors (Lipinski definition) is 3. The minimum absolute atomic E-state index is 0.885. The van der Waals surface area contributed by atoms with Crippen LogP contribution in [0.5, 0.6) is 5.75 Å². The van der Waals surface area contributed by atoms with Gasteiger partial charge in [-0.25, -0.2) is 0 Å². The lowest BCUT2D eigenvalue weighted by molar-refractivity contribution is 0.414. The van der Waals surface area contributed by atoms with Crippen molar-refractivity contribution in [1.29, 1.82) is 0 Å². The number of nitrogens with one attached hydrogen (secondary N) is 1. The number of rotatable bonds is 7. The van der Waals surface area contributed by atoms with Gasteiger partial charge in [0.1, 0.15) is 5.75 Å². The molecule has 0 unspecified atom stereocenters. The van der Waals surface area contributed by atoms with Gasteiger partial charge in [0.2, 0.25) is 0 Å². The molecule has 0 aromatic heterocycles. The van der Waals surface area contributed by atoms with Gasteiger partial charge in [-0.1, -0.05) is 24.8 Å². The summed E-state index contributed by atoms with van der Waals surface area (Å²) in [6, 6.07) is 14.7. The highest BCUT2D eigenvalue weighted by atomic mass is 79.9. The van der Waals surface area contributed by atoms with E-state index in [1.54, 1.807) is 18.9 Å². The molecule has 2 aromatic rings. The molecular formula is C17H20BrNOS. The van der Waals surface area contributed by atoms with E-state index in [1.807, 2.05) is 12.1 Å². The van der Waals surface area contributed by atoms with Crippen LogP contribution in [-0.4, -0.2) is 13.7 Å². The summed E-state index contributed by atoms with van der Waals surface area (Å²) in [7, 11) is 1.68. The molecule has 0 saturated heterocycles. The molecule has 2 nitrogen and oxygen atoms in total. The van der Waals surface area contributed by atoms with Crippen LogP contribution in [-0.2, 0) is 6.54 Å². The topological polar surface area (TPSA) is 21.3 Å². The zero-order valence-electron chi connectivity index (χ0n) is 12.4. The SMILES string of the molecule is CCCNCc1ccc(Sc2ccc(OC)cc2)c(Br)c1. The minimum Gasteiger partial charge on any atom is -0.497 e. The highest BCUT2D eigenvalue weighted by Crippen LogP contribution is 2.34. The maximum absolute atomic E-state index is 5.18. The Morgan fingerprint density at radius 1 is 1.14 bits per heavy atom. The van der Waals surface area contributed by atoms with Crippen LogP contribution < -0.4 is 10.1 Å². The first-order chi connectivity index (χ1) is 10.2. The van der Waals surface area contributed by atoms with Crippen molar-refractivity contribution in [2.75, 3.05) is 13.7 Å². The van der Waals surface area contributed by atoms with Gasteiger partial charge in [-0.15, -0.1) is 0 Å². The van der Waals surface area contributed by atoms with Gasteiger partial charge in [0.15, 0.2) is 0 Å². The summed E-state index contributed by atoms with van der Waals surface area (Å²) < 4.78 is 6.32. The number of ether oxygens (including phenoxy) is 1. The molecule has 0 aliphatic carbocycles. The van der Waals surface area contributed by atoms with Crippen LogP contribution in [0.4, 0.5) is 0 Å². The van der Waals surface area contributed by atoms with Gasteiger partial charge in [0.05, 0.1) is 7.11 Å². The maximum Gasteiger partial charge on any atom is 0.118 e. The van der Waals surface area contributed by atoms with Crippen LogP contribution in [0.2, 0.25) is 0 Å². The largest absolute Gasteiger partial charge is 0.497 e. The highest BCUT2D eigenvalue weighted by Gasteiger charge is 2.04. The van der Waals surface area contributed by atoms with Crippen LogP contribution in [0.1, 0.15) is 18.9 Å². The van der Waals surface area contributed by atoms with Crippen molar-refractivity contribution >= 4 is 27.7 Å². The molecule has 0 aliphatic heterocycles. The Morgan fingerprint density at radius 3 is 2.52 bits per heavy atom. The molecule has 21 heavy (non-hydrogen) atoms. The van der Waals surface area contributed by atoms with E-state index in [9.17, 15) is 0 Å². The van der Waals surface area contributed by atoms with E-state index < -0.39 is 0 Å². The van der Waals surface area contributed by atoms with Crippen molar-refractivity contribution in [1.82, 2.24) is 5.32 Å². The van der Waals surface area contributed by atoms with Gasteiger partial charge in [-0.3, -0.25) is 0 Å². The summed E-state index contributed by atoms with van der Waals surface area (Å²) in [4.78, 5) is 2.42. The molecule has 0 fully saturated rings. The van der Waals surface area contributed by atoms with Gasteiger partial charge in [-0.2, -0.15) is 0 Å². The van der Waals surface area contributed by atoms with E-state index in [4.69, 9.17) is 4.74 Å². The van der Waals surface area contributed by atoms with E-state index in [2.05, 4.69) is 58.5 Å². The molecule has 0 radical (unpaired) electrons. The average Bonchev–Trinajstić information content (AvgIpc) is 2.51. The molecule has 4 heteroatoms. The molecule has 2 aromatic carbocycles. The monoisotopic (exact) mass is 365 g/mol. The third-order valence-electron chi connectivity index (χ3n) is 3.04. The van der Waals surface area contributed by atoms with Crippen LogP contribution in [0.3, 0.4) is 0 Å². The molecule has 1 N–H and O–H groups in total. The lowest BCUT2D eigenvalue weighted by atomic mass is 10.2. The predicted octanol–water partition coefficient (Wildman–Crippen LogP) is 5.11. The number of hydrogen-bond donors (Lipinski definition) is 1. The summed E-state index contributed by atoms with van der Waals surface area (Å²) in [6.45, 7) is 4.15. The van der Waals surface area contributed by atoms with Gasteiger partial charge in [0, 0.05) is 20.8 Å². The number of methoxy groups -OCH3 is 1. The van der Waals surface area contributed by atoms with Crippen molar-refractivity contribution in [2.45, 2.75) is 29.7 Å². The summed E-state index contributed by atoms with van der Waals surface area (Å²) in [6.07, 6.45) is 1.16. The van der Waals surface area contributed by atoms with Crippen molar-refractivity contribution in [3.05, 3.63) is 52.5 Å². The first-order valence-corrected chi connectivity index (χ1v) is 8.65. The Bertz CT molecular complexity index is 572. The fourth-order valence-corrected chi connectivity index (χ4v) is 3.40. The van der Waals surface area contributed by atoms with Gasteiger partial charge < -0.3 is 10.1 Å². The molecule has 2 rings (SSSR count). The van der Waals surface area contributed by atoms with Crippen LogP contribution in [0.25, 0.3) is 0 Å². The molecule has 0 aliphatic rings. The summed E-state index contributed by atoms with van der Waals surface area (Å²) in [5, 5.41) is 3.42. The molecule has 0 atom stereocenters. The lowest BCUT2D eigenvalue weighted by Gasteiger charge is -2.08. The third-order valence-corrected chi connectivity index (χ3v) is 5.04. The zero-order chi connectivity index (χ0) is 15.1. The van der Waals surface area contributed by atoms with E-state index in [0.29, 0.717) is 0 Å². The van der Waals surface area contributed by atoms with E-state index in [0.717, 1.165) is 29.7 Å². The standard InChI is InChI=1S/C17H20BrNOS/c1-3-10-19-12-13-4-9-17(16(18)11-13)21-15-7-5-14(20-2)6-8-15/h4-9,11,19H,3,10,12H2,1-2H3. The van der Waals surface area contributed by atoms with Crippen LogP contribution >= 0.6 is 27.7 Å².